The van der Waals surface area contributed by atoms with Gasteiger partial charge in [0.2, 0.25) is 0 Å². The highest BCUT2D eigenvalue weighted by atomic mass is 16.5. The van der Waals surface area contributed by atoms with Gasteiger partial charge in [-0.25, -0.2) is 0 Å². The second-order valence-corrected chi connectivity index (χ2v) is 4.86. The molecule has 0 aromatic heterocycles. The SMILES string of the molecule is CN1CCC(O)CC(OCc2ccccc2)C1. The van der Waals surface area contributed by atoms with E-state index in [1.54, 1.807) is 0 Å². The molecule has 1 aromatic rings. The Morgan fingerprint density at radius 2 is 2.12 bits per heavy atom. The number of likely N-dealkylation sites (N-methyl/N-ethyl adjacent to an activating group) is 1. The van der Waals surface area contributed by atoms with Gasteiger partial charge in [-0.1, -0.05) is 30.3 Å². The second-order valence-electron chi connectivity index (χ2n) is 4.86. The zero-order valence-corrected chi connectivity index (χ0v) is 10.4. The Balaban J connectivity index is 1.85. The average molecular weight is 235 g/mol. The van der Waals surface area contributed by atoms with Gasteiger partial charge in [-0.15, -0.1) is 0 Å². The molecule has 3 heteroatoms. The second kappa shape index (κ2) is 6.15. The van der Waals surface area contributed by atoms with Crippen LogP contribution in [0.15, 0.2) is 30.3 Å². The van der Waals surface area contributed by atoms with Crippen LogP contribution in [-0.2, 0) is 11.3 Å². The van der Waals surface area contributed by atoms with Crippen LogP contribution < -0.4 is 0 Å². The summed E-state index contributed by atoms with van der Waals surface area (Å²) in [5.41, 5.74) is 1.19. The first-order chi connectivity index (χ1) is 8.24. The summed E-state index contributed by atoms with van der Waals surface area (Å²) >= 11 is 0. The molecule has 2 atom stereocenters. The molecular weight excluding hydrogens is 214 g/mol. The molecule has 1 saturated heterocycles. The van der Waals surface area contributed by atoms with Gasteiger partial charge in [-0.3, -0.25) is 0 Å². The first kappa shape index (κ1) is 12.6. The zero-order chi connectivity index (χ0) is 12.1. The molecule has 2 unspecified atom stereocenters. The Labute approximate surface area is 103 Å². The van der Waals surface area contributed by atoms with Crippen molar-refractivity contribution in [2.75, 3.05) is 20.1 Å². The molecule has 3 nitrogen and oxygen atoms in total. The number of benzene rings is 1. The molecule has 0 amide bonds. The van der Waals surface area contributed by atoms with Crippen LogP contribution >= 0.6 is 0 Å². The van der Waals surface area contributed by atoms with E-state index in [2.05, 4.69) is 24.1 Å². The van der Waals surface area contributed by atoms with Gasteiger partial charge in [0.05, 0.1) is 18.8 Å². The summed E-state index contributed by atoms with van der Waals surface area (Å²) in [6.07, 6.45) is 1.51. The van der Waals surface area contributed by atoms with Crippen molar-refractivity contribution in [3.05, 3.63) is 35.9 Å². The molecule has 0 aliphatic carbocycles. The number of nitrogens with zero attached hydrogens (tertiary/aromatic N) is 1. The first-order valence-electron chi connectivity index (χ1n) is 6.26. The number of aliphatic hydroxyl groups excluding tert-OH is 1. The minimum Gasteiger partial charge on any atom is -0.393 e. The maximum absolute atomic E-state index is 9.77. The lowest BCUT2D eigenvalue weighted by molar-refractivity contribution is 0.00332. The average Bonchev–Trinajstić information content (AvgIpc) is 2.50. The van der Waals surface area contributed by atoms with E-state index in [1.165, 1.54) is 5.56 Å². The number of ether oxygens (including phenoxy) is 1. The minimum atomic E-state index is -0.222. The zero-order valence-electron chi connectivity index (χ0n) is 10.4. The van der Waals surface area contributed by atoms with Gasteiger partial charge in [0, 0.05) is 19.5 Å². The van der Waals surface area contributed by atoms with Crippen molar-refractivity contribution >= 4 is 0 Å². The summed E-state index contributed by atoms with van der Waals surface area (Å²) in [5.74, 6) is 0. The summed E-state index contributed by atoms with van der Waals surface area (Å²) < 4.78 is 5.89. The highest BCUT2D eigenvalue weighted by Gasteiger charge is 2.21. The molecule has 17 heavy (non-hydrogen) atoms. The minimum absolute atomic E-state index is 0.137. The van der Waals surface area contributed by atoms with Crippen LogP contribution in [0.25, 0.3) is 0 Å². The first-order valence-corrected chi connectivity index (χ1v) is 6.26. The molecular formula is C14H21NO2. The fourth-order valence-electron chi connectivity index (χ4n) is 2.21. The summed E-state index contributed by atoms with van der Waals surface area (Å²) in [6, 6.07) is 10.2. The molecule has 0 bridgehead atoms. The Morgan fingerprint density at radius 3 is 2.88 bits per heavy atom. The van der Waals surface area contributed by atoms with Gasteiger partial charge in [-0.2, -0.15) is 0 Å². The lowest BCUT2D eigenvalue weighted by atomic mass is 10.1. The van der Waals surface area contributed by atoms with Crippen LogP contribution in [-0.4, -0.2) is 42.4 Å². The molecule has 0 spiro atoms. The molecule has 94 valence electrons. The molecule has 1 heterocycles. The van der Waals surface area contributed by atoms with E-state index in [1.807, 2.05) is 18.2 Å². The predicted molar refractivity (Wildman–Crippen MR) is 67.8 cm³/mol. The molecule has 1 N–H and O–H groups in total. The third-order valence-electron chi connectivity index (χ3n) is 3.22. The van der Waals surface area contributed by atoms with Crippen LogP contribution in [0, 0.1) is 0 Å². The lowest BCUT2D eigenvalue weighted by Crippen LogP contribution is -2.29. The number of likely N-dealkylation sites (tertiary alicyclic amines) is 1. The van der Waals surface area contributed by atoms with Crippen LogP contribution in [0.4, 0.5) is 0 Å². The normalized spacial score (nSPS) is 26.7. The van der Waals surface area contributed by atoms with E-state index < -0.39 is 0 Å². The fourth-order valence-corrected chi connectivity index (χ4v) is 2.21. The van der Waals surface area contributed by atoms with E-state index >= 15 is 0 Å². The van der Waals surface area contributed by atoms with E-state index in [0.29, 0.717) is 6.61 Å². The van der Waals surface area contributed by atoms with Crippen molar-refractivity contribution in [1.82, 2.24) is 4.90 Å². The van der Waals surface area contributed by atoms with Gasteiger partial charge in [-0.05, 0) is 19.0 Å². The number of hydrogen-bond donors (Lipinski definition) is 1. The van der Waals surface area contributed by atoms with Crippen molar-refractivity contribution in [1.29, 1.82) is 0 Å². The van der Waals surface area contributed by atoms with Crippen molar-refractivity contribution < 1.29 is 9.84 Å². The largest absolute Gasteiger partial charge is 0.393 e. The molecule has 2 rings (SSSR count). The van der Waals surface area contributed by atoms with Crippen LogP contribution in [0.1, 0.15) is 18.4 Å². The van der Waals surface area contributed by atoms with E-state index in [9.17, 15) is 5.11 Å². The maximum atomic E-state index is 9.77. The van der Waals surface area contributed by atoms with Crippen molar-refractivity contribution in [2.45, 2.75) is 31.7 Å². The summed E-state index contributed by atoms with van der Waals surface area (Å²) in [5, 5.41) is 9.77. The topological polar surface area (TPSA) is 32.7 Å². The van der Waals surface area contributed by atoms with Gasteiger partial charge in [0.1, 0.15) is 0 Å². The van der Waals surface area contributed by atoms with Crippen LogP contribution in [0.5, 0.6) is 0 Å². The Hall–Kier alpha value is -0.900. The number of rotatable bonds is 3. The standard InChI is InChI=1S/C14H21NO2/c1-15-8-7-13(16)9-14(10-15)17-11-12-5-3-2-4-6-12/h2-6,13-14,16H,7-11H2,1H3. The third kappa shape index (κ3) is 4.11. The molecule has 1 fully saturated rings. The Morgan fingerprint density at radius 1 is 1.35 bits per heavy atom. The van der Waals surface area contributed by atoms with E-state index in [-0.39, 0.29) is 12.2 Å². The number of aliphatic hydroxyl groups is 1. The van der Waals surface area contributed by atoms with E-state index in [0.717, 1.165) is 25.9 Å². The summed E-state index contributed by atoms with van der Waals surface area (Å²) in [4.78, 5) is 2.23. The molecule has 1 aliphatic heterocycles. The predicted octanol–water partition coefficient (Wildman–Crippen LogP) is 1.66. The van der Waals surface area contributed by atoms with Crippen LogP contribution in [0.3, 0.4) is 0 Å². The van der Waals surface area contributed by atoms with Gasteiger partial charge < -0.3 is 14.7 Å². The summed E-state index contributed by atoms with van der Waals surface area (Å²) in [6.45, 7) is 2.49. The summed E-state index contributed by atoms with van der Waals surface area (Å²) in [7, 11) is 2.08. The maximum Gasteiger partial charge on any atom is 0.0731 e. The quantitative estimate of drug-likeness (QED) is 0.865. The van der Waals surface area contributed by atoms with E-state index in [4.69, 9.17) is 4.74 Å². The molecule has 0 saturated carbocycles. The highest BCUT2D eigenvalue weighted by Crippen LogP contribution is 2.14. The Bertz CT molecular complexity index is 316. The fraction of sp³-hybridized carbons (Fsp3) is 0.571. The lowest BCUT2D eigenvalue weighted by Gasteiger charge is -2.20. The Kier molecular flexibility index (Phi) is 4.54. The van der Waals surface area contributed by atoms with Crippen molar-refractivity contribution in [3.8, 4) is 0 Å². The monoisotopic (exact) mass is 235 g/mol. The van der Waals surface area contributed by atoms with Crippen LogP contribution in [0.2, 0.25) is 0 Å². The molecule has 1 aromatic carbocycles. The van der Waals surface area contributed by atoms with Crippen molar-refractivity contribution in [2.24, 2.45) is 0 Å². The van der Waals surface area contributed by atoms with Gasteiger partial charge in [0.25, 0.3) is 0 Å². The highest BCUT2D eigenvalue weighted by molar-refractivity contribution is 5.13. The molecule has 0 radical (unpaired) electrons. The third-order valence-corrected chi connectivity index (χ3v) is 3.22. The van der Waals surface area contributed by atoms with Gasteiger partial charge in [0.15, 0.2) is 0 Å². The van der Waals surface area contributed by atoms with Crippen molar-refractivity contribution in [3.63, 3.8) is 0 Å². The smallest absolute Gasteiger partial charge is 0.0731 e. The van der Waals surface area contributed by atoms with Gasteiger partial charge >= 0.3 is 0 Å². The number of hydrogen-bond acceptors (Lipinski definition) is 3. The molecule has 1 aliphatic rings.